The van der Waals surface area contributed by atoms with Crippen LogP contribution in [0.2, 0.25) is 0 Å². The van der Waals surface area contributed by atoms with Gasteiger partial charge in [-0.25, -0.2) is 0 Å². The van der Waals surface area contributed by atoms with Gasteiger partial charge in [-0.3, -0.25) is 4.55 Å². The van der Waals surface area contributed by atoms with Crippen LogP contribution >= 0.6 is 0 Å². The summed E-state index contributed by atoms with van der Waals surface area (Å²) in [6.07, 6.45) is 12.2. The summed E-state index contributed by atoms with van der Waals surface area (Å²) in [7, 11) is -3.98. The molecule has 0 aromatic carbocycles. The Hall–Kier alpha value is 0.870. The van der Waals surface area contributed by atoms with Crippen LogP contribution in [0, 0.1) is 0 Å². The van der Waals surface area contributed by atoms with Gasteiger partial charge in [0.1, 0.15) is 0 Å². The van der Waals surface area contributed by atoms with E-state index in [-0.39, 0.29) is 29.6 Å². The van der Waals surface area contributed by atoms with E-state index in [2.05, 4.69) is 11.6 Å². The van der Waals surface area contributed by atoms with E-state index in [4.69, 9.17) is 4.55 Å². The van der Waals surface area contributed by atoms with Crippen molar-refractivity contribution in [3.8, 4) is 0 Å². The van der Waals surface area contributed by atoms with Crippen LogP contribution in [0.25, 0.3) is 0 Å². The summed E-state index contributed by atoms with van der Waals surface area (Å²) in [5.41, 5.74) is 0. The fourth-order valence-electron chi connectivity index (χ4n) is 1.81. The predicted octanol–water partition coefficient (Wildman–Crippen LogP) is 2.65. The van der Waals surface area contributed by atoms with E-state index in [1.54, 1.807) is 0 Å². The molecule has 0 spiro atoms. The van der Waals surface area contributed by atoms with Crippen molar-refractivity contribution in [2.24, 2.45) is 0 Å². The second-order valence-corrected chi connectivity index (χ2v) is 5.79. The molecule has 0 amide bonds. The van der Waals surface area contributed by atoms with Gasteiger partial charge in [-0.05, 0) is 6.42 Å². The first-order chi connectivity index (χ1) is 8.06. The molecule has 0 bridgehead atoms. The van der Waals surface area contributed by atoms with E-state index in [9.17, 15) is 8.42 Å². The van der Waals surface area contributed by atoms with Gasteiger partial charge in [0.25, 0.3) is 0 Å². The normalized spacial score (nSPS) is 11.2. The van der Waals surface area contributed by atoms with Crippen LogP contribution in [0.3, 0.4) is 0 Å². The van der Waals surface area contributed by atoms with Crippen molar-refractivity contribution < 1.29 is 13.0 Å². The maximum atomic E-state index is 10.3. The molecule has 4 nitrogen and oxygen atoms in total. The van der Waals surface area contributed by atoms with Gasteiger partial charge in [0.2, 0.25) is 0 Å². The van der Waals surface area contributed by atoms with Gasteiger partial charge < -0.3 is 0 Å². The first-order valence-electron chi connectivity index (χ1n) is 6.78. The topological polar surface area (TPSA) is 66.4 Å². The van der Waals surface area contributed by atoms with Gasteiger partial charge in [-0.1, -0.05) is 64.7 Å². The Labute approximate surface area is 134 Å². The third-order valence-corrected chi connectivity index (χ3v) is 3.38. The number of unbranched alkanes of at least 4 members (excludes halogenated alkanes) is 9. The van der Waals surface area contributed by atoms with E-state index >= 15 is 0 Å². The molecule has 0 rings (SSSR count). The molecule has 6 heteroatoms. The third-order valence-electron chi connectivity index (χ3n) is 2.81. The minimum atomic E-state index is -3.98. The standard InChI is InChI=1S/C12H27NO3S.Na.H/c1-2-3-4-5-6-7-8-9-10-11-12-13-17(14,15)16;;/h13H,2-12H2,1H3,(H,14,15,16);;. The summed E-state index contributed by atoms with van der Waals surface area (Å²) < 4.78 is 31.2. The zero-order chi connectivity index (χ0) is 13.0. The average Bonchev–Trinajstić information content (AvgIpc) is 2.24. The molecule has 0 aliphatic rings. The molecule has 0 aromatic heterocycles. The molecule has 0 aliphatic carbocycles. The van der Waals surface area contributed by atoms with E-state index in [0.717, 1.165) is 19.3 Å². The van der Waals surface area contributed by atoms with Gasteiger partial charge in [0, 0.05) is 6.54 Å². The fraction of sp³-hybridized carbons (Fsp3) is 1.00. The molecule has 2 N–H and O–H groups in total. The van der Waals surface area contributed by atoms with Crippen molar-refractivity contribution in [3.05, 3.63) is 0 Å². The molecule has 18 heavy (non-hydrogen) atoms. The second-order valence-electron chi connectivity index (χ2n) is 4.55. The summed E-state index contributed by atoms with van der Waals surface area (Å²) in [5, 5.41) is 0. The molecular formula is C12H28NNaO3S. The van der Waals surface area contributed by atoms with E-state index in [0.29, 0.717) is 6.54 Å². The first kappa shape index (κ1) is 21.2. The Morgan fingerprint density at radius 2 is 1.22 bits per heavy atom. The quantitative estimate of drug-likeness (QED) is 0.330. The molecule has 0 unspecified atom stereocenters. The molecule has 0 atom stereocenters. The summed E-state index contributed by atoms with van der Waals surface area (Å²) in [4.78, 5) is 0. The molecule has 0 fully saturated rings. The molecule has 0 aromatic rings. The molecule has 106 valence electrons. The van der Waals surface area contributed by atoms with Crippen molar-refractivity contribution in [1.29, 1.82) is 0 Å². The van der Waals surface area contributed by atoms with Gasteiger partial charge in [-0.2, -0.15) is 13.1 Å². The van der Waals surface area contributed by atoms with Crippen LogP contribution < -0.4 is 4.72 Å². The monoisotopic (exact) mass is 289 g/mol. The van der Waals surface area contributed by atoms with Crippen LogP contribution in [-0.4, -0.2) is 49.1 Å². The third kappa shape index (κ3) is 19.2. The Kier molecular flexibility index (Phi) is 16.8. The predicted molar refractivity (Wildman–Crippen MR) is 78.5 cm³/mol. The zero-order valence-electron chi connectivity index (χ0n) is 11.0. The summed E-state index contributed by atoms with van der Waals surface area (Å²) in [6, 6.07) is 0. The summed E-state index contributed by atoms with van der Waals surface area (Å²) >= 11 is 0. The first-order valence-corrected chi connectivity index (χ1v) is 8.22. The molecule has 0 saturated carbocycles. The van der Waals surface area contributed by atoms with Crippen molar-refractivity contribution in [2.75, 3.05) is 6.54 Å². The molecule has 0 saturated heterocycles. The van der Waals surface area contributed by atoms with Crippen molar-refractivity contribution >= 4 is 39.9 Å². The summed E-state index contributed by atoms with van der Waals surface area (Å²) in [5.74, 6) is 0. The van der Waals surface area contributed by atoms with Gasteiger partial charge in [-0.15, -0.1) is 0 Å². The van der Waals surface area contributed by atoms with E-state index in [1.807, 2.05) is 0 Å². The Morgan fingerprint density at radius 1 is 0.833 bits per heavy atom. The molecule has 0 radical (unpaired) electrons. The van der Waals surface area contributed by atoms with Gasteiger partial charge in [0.15, 0.2) is 0 Å². The summed E-state index contributed by atoms with van der Waals surface area (Å²) in [6.45, 7) is 2.57. The Morgan fingerprint density at radius 3 is 1.61 bits per heavy atom. The van der Waals surface area contributed by atoms with Crippen LogP contribution in [0.1, 0.15) is 71.1 Å². The van der Waals surface area contributed by atoms with Crippen LogP contribution in [-0.2, 0) is 10.3 Å². The van der Waals surface area contributed by atoms with Gasteiger partial charge in [0.05, 0.1) is 0 Å². The van der Waals surface area contributed by atoms with Gasteiger partial charge >= 0.3 is 39.9 Å². The molecule has 0 heterocycles. The SMILES string of the molecule is CCCCCCCCCCCCNS(=O)(=O)O.[NaH]. The van der Waals surface area contributed by atoms with Crippen LogP contribution in [0.5, 0.6) is 0 Å². The maximum absolute atomic E-state index is 10.3. The molecular weight excluding hydrogens is 261 g/mol. The fourth-order valence-corrected chi connectivity index (χ4v) is 2.22. The van der Waals surface area contributed by atoms with Crippen molar-refractivity contribution in [2.45, 2.75) is 71.1 Å². The average molecular weight is 289 g/mol. The van der Waals surface area contributed by atoms with Crippen LogP contribution in [0.4, 0.5) is 0 Å². The minimum absolute atomic E-state index is 0. The van der Waals surface area contributed by atoms with Crippen molar-refractivity contribution in [3.63, 3.8) is 0 Å². The number of nitrogens with one attached hydrogen (secondary N) is 1. The van der Waals surface area contributed by atoms with Crippen LogP contribution in [0.15, 0.2) is 0 Å². The Bertz CT molecular complexity index is 258. The zero-order valence-corrected chi connectivity index (χ0v) is 11.8. The second kappa shape index (κ2) is 14.3. The van der Waals surface area contributed by atoms with E-state index in [1.165, 1.54) is 44.9 Å². The number of hydrogen-bond donors (Lipinski definition) is 2. The Balaban J connectivity index is 0. The van der Waals surface area contributed by atoms with Crippen molar-refractivity contribution in [1.82, 2.24) is 4.72 Å². The number of rotatable bonds is 12. The molecule has 0 aliphatic heterocycles. The van der Waals surface area contributed by atoms with E-state index < -0.39 is 10.3 Å². The number of hydrogen-bond acceptors (Lipinski definition) is 2.